The Balaban J connectivity index is 1.59. The molecule has 0 aliphatic carbocycles. The van der Waals surface area contributed by atoms with Gasteiger partial charge in [-0.1, -0.05) is 41.1 Å². The first-order valence-corrected chi connectivity index (χ1v) is 10.5. The van der Waals surface area contributed by atoms with Gasteiger partial charge in [-0.15, -0.1) is 0 Å². The number of amides is 2. The van der Waals surface area contributed by atoms with Crippen LogP contribution in [-0.2, 0) is 9.59 Å². The summed E-state index contributed by atoms with van der Waals surface area (Å²) in [6.45, 7) is 2.02. The molecule has 30 heavy (non-hydrogen) atoms. The Morgan fingerprint density at radius 2 is 1.73 bits per heavy atom. The summed E-state index contributed by atoms with van der Waals surface area (Å²) in [6, 6.07) is 18.2. The van der Waals surface area contributed by atoms with Gasteiger partial charge in [0.05, 0.1) is 5.69 Å². The van der Waals surface area contributed by atoms with E-state index in [1.54, 1.807) is 36.4 Å². The molecule has 1 aromatic heterocycles. The normalized spacial score (nSPS) is 15.6. The van der Waals surface area contributed by atoms with Gasteiger partial charge in [0, 0.05) is 9.92 Å². The Morgan fingerprint density at radius 1 is 1.03 bits per heavy atom. The molecular weight excluding hydrogens is 440 g/mol. The van der Waals surface area contributed by atoms with Gasteiger partial charge in [0.25, 0.3) is 11.8 Å². The first-order valence-electron chi connectivity index (χ1n) is 8.92. The highest BCUT2D eigenvalue weighted by molar-refractivity contribution is 7.99. The largest absolute Gasteiger partial charge is 0.450 e. The van der Waals surface area contributed by atoms with Crippen molar-refractivity contribution in [2.45, 2.75) is 16.9 Å². The molecule has 0 atom stereocenters. The Labute approximate surface area is 187 Å². The number of benzene rings is 2. The fourth-order valence-corrected chi connectivity index (χ4v) is 4.00. The Hall–Kier alpha value is -2.87. The molecule has 0 unspecified atom stereocenters. The lowest BCUT2D eigenvalue weighted by Gasteiger charge is -2.28. The van der Waals surface area contributed by atoms with E-state index in [9.17, 15) is 9.59 Å². The molecule has 0 bridgehead atoms. The number of thiocarbonyl (C=S) groups is 1. The van der Waals surface area contributed by atoms with E-state index in [4.69, 9.17) is 28.2 Å². The molecule has 0 spiro atoms. The molecule has 1 fully saturated rings. The van der Waals surface area contributed by atoms with Crippen molar-refractivity contribution in [1.29, 1.82) is 0 Å². The van der Waals surface area contributed by atoms with E-state index in [2.05, 4.69) is 5.32 Å². The maximum Gasteiger partial charge on any atom is 0.270 e. The van der Waals surface area contributed by atoms with Crippen molar-refractivity contribution in [3.05, 3.63) is 82.6 Å². The third-order valence-corrected chi connectivity index (χ3v) is 5.78. The molecule has 4 rings (SSSR count). The first-order chi connectivity index (χ1) is 14.4. The van der Waals surface area contributed by atoms with Crippen LogP contribution in [0.15, 0.2) is 80.6 Å². The molecule has 2 amide bonds. The van der Waals surface area contributed by atoms with Crippen molar-refractivity contribution < 1.29 is 14.0 Å². The van der Waals surface area contributed by atoms with Crippen LogP contribution >= 0.6 is 35.6 Å². The predicted octanol–water partition coefficient (Wildman–Crippen LogP) is 5.22. The van der Waals surface area contributed by atoms with Crippen molar-refractivity contribution in [3.8, 4) is 0 Å². The summed E-state index contributed by atoms with van der Waals surface area (Å²) >= 11 is 12.6. The zero-order chi connectivity index (χ0) is 21.3. The monoisotopic (exact) mass is 454 g/mol. The lowest BCUT2D eigenvalue weighted by molar-refractivity contribution is -0.122. The second kappa shape index (κ2) is 8.47. The Kier molecular flexibility index (Phi) is 5.76. The fraction of sp³-hybridized carbons (Fsp3) is 0.0455. The summed E-state index contributed by atoms with van der Waals surface area (Å²) in [5.74, 6) is -0.707. The highest BCUT2D eigenvalue weighted by atomic mass is 35.5. The summed E-state index contributed by atoms with van der Waals surface area (Å²) in [4.78, 5) is 27.7. The van der Waals surface area contributed by atoms with Gasteiger partial charge in [0.15, 0.2) is 10.2 Å². The van der Waals surface area contributed by atoms with Crippen molar-refractivity contribution in [1.82, 2.24) is 5.32 Å². The number of nitrogens with zero attached hydrogens (tertiary/aromatic N) is 1. The minimum Gasteiger partial charge on any atom is -0.450 e. The number of rotatable bonds is 4. The second-order valence-electron chi connectivity index (χ2n) is 6.51. The fourth-order valence-electron chi connectivity index (χ4n) is 2.81. The number of furan rings is 1. The summed E-state index contributed by atoms with van der Waals surface area (Å²) in [7, 11) is 0. The highest BCUT2D eigenvalue weighted by Crippen LogP contribution is 2.30. The molecule has 1 aliphatic rings. The van der Waals surface area contributed by atoms with E-state index in [0.717, 1.165) is 4.90 Å². The van der Waals surface area contributed by atoms with Gasteiger partial charge < -0.3 is 4.42 Å². The minimum atomic E-state index is -0.570. The number of hydrogen-bond donors (Lipinski definition) is 1. The summed E-state index contributed by atoms with van der Waals surface area (Å²) in [6.07, 6.45) is 1.42. The van der Waals surface area contributed by atoms with Crippen LogP contribution in [0.2, 0.25) is 5.02 Å². The van der Waals surface area contributed by atoms with E-state index >= 15 is 0 Å². The number of halogens is 1. The van der Waals surface area contributed by atoms with Crippen molar-refractivity contribution in [2.24, 2.45) is 0 Å². The number of hydrogen-bond acceptors (Lipinski definition) is 5. The van der Waals surface area contributed by atoms with E-state index in [1.165, 1.54) is 28.3 Å². The molecule has 1 saturated heterocycles. The van der Waals surface area contributed by atoms with E-state index in [-0.39, 0.29) is 10.7 Å². The first kappa shape index (κ1) is 20.4. The van der Waals surface area contributed by atoms with Gasteiger partial charge in [-0.2, -0.15) is 0 Å². The number of carbonyl (C=O) groups is 2. The number of carbonyl (C=O) groups excluding carboxylic acids is 2. The van der Waals surface area contributed by atoms with Gasteiger partial charge in [0.2, 0.25) is 0 Å². The SMILES string of the molecule is Cc1ccc(Sc2ccc(/C=C3\C(=O)NC(=S)N(c4ccc(Cl)cc4)C3=O)o2)cc1. The Bertz CT molecular complexity index is 1170. The Morgan fingerprint density at radius 3 is 2.43 bits per heavy atom. The van der Waals surface area contributed by atoms with Gasteiger partial charge in [-0.3, -0.25) is 19.8 Å². The molecule has 1 aliphatic heterocycles. The van der Waals surface area contributed by atoms with Crippen LogP contribution in [0.4, 0.5) is 5.69 Å². The van der Waals surface area contributed by atoms with E-state index in [1.807, 2.05) is 31.2 Å². The molecule has 1 N–H and O–H groups in total. The smallest absolute Gasteiger partial charge is 0.270 e. The summed E-state index contributed by atoms with van der Waals surface area (Å²) < 4.78 is 5.79. The van der Waals surface area contributed by atoms with Gasteiger partial charge in [-0.25, -0.2) is 0 Å². The second-order valence-corrected chi connectivity index (χ2v) is 8.41. The molecule has 3 aromatic rings. The van der Waals surface area contributed by atoms with Gasteiger partial charge in [-0.05, 0) is 73.7 Å². The zero-order valence-electron chi connectivity index (χ0n) is 15.7. The molecule has 150 valence electrons. The van der Waals surface area contributed by atoms with Crippen LogP contribution in [0.5, 0.6) is 0 Å². The molecule has 2 heterocycles. The summed E-state index contributed by atoms with van der Waals surface area (Å²) in [5, 5.41) is 3.74. The maximum atomic E-state index is 13.0. The topological polar surface area (TPSA) is 62.6 Å². The molecular formula is C22H15ClN2O3S2. The van der Waals surface area contributed by atoms with Crippen LogP contribution in [0.25, 0.3) is 6.08 Å². The van der Waals surface area contributed by atoms with Crippen LogP contribution < -0.4 is 10.2 Å². The van der Waals surface area contributed by atoms with Gasteiger partial charge in [0.1, 0.15) is 11.3 Å². The van der Waals surface area contributed by atoms with Crippen molar-refractivity contribution >= 4 is 64.3 Å². The number of aryl methyl sites for hydroxylation is 1. The number of nitrogens with one attached hydrogen (secondary N) is 1. The molecule has 5 nitrogen and oxygen atoms in total. The third-order valence-electron chi connectivity index (χ3n) is 4.31. The predicted molar refractivity (Wildman–Crippen MR) is 122 cm³/mol. The highest BCUT2D eigenvalue weighted by Gasteiger charge is 2.34. The molecule has 8 heteroatoms. The van der Waals surface area contributed by atoms with E-state index < -0.39 is 11.8 Å². The lowest BCUT2D eigenvalue weighted by Crippen LogP contribution is -2.54. The molecule has 2 aromatic carbocycles. The third kappa shape index (κ3) is 4.33. The quantitative estimate of drug-likeness (QED) is 0.332. The van der Waals surface area contributed by atoms with Crippen LogP contribution in [0, 0.1) is 6.92 Å². The molecule has 0 saturated carbocycles. The lowest BCUT2D eigenvalue weighted by atomic mass is 10.1. The van der Waals surface area contributed by atoms with Crippen molar-refractivity contribution in [3.63, 3.8) is 0 Å². The van der Waals surface area contributed by atoms with Crippen LogP contribution in [-0.4, -0.2) is 16.9 Å². The van der Waals surface area contributed by atoms with Crippen LogP contribution in [0.3, 0.4) is 0 Å². The van der Waals surface area contributed by atoms with Crippen molar-refractivity contribution in [2.75, 3.05) is 4.90 Å². The average molecular weight is 455 g/mol. The van der Waals surface area contributed by atoms with E-state index in [0.29, 0.717) is 21.6 Å². The standard InChI is InChI=1S/C22H15ClN2O3S2/c1-13-2-9-17(10-3-13)30-19-11-8-16(28-19)12-18-20(26)24-22(29)25(21(18)27)15-6-4-14(23)5-7-15/h2-12H,1H3,(H,24,26,29)/b18-12+. The zero-order valence-corrected chi connectivity index (χ0v) is 18.1. The average Bonchev–Trinajstić information content (AvgIpc) is 3.15. The number of anilines is 1. The molecule has 0 radical (unpaired) electrons. The van der Waals surface area contributed by atoms with Crippen LogP contribution in [0.1, 0.15) is 11.3 Å². The maximum absolute atomic E-state index is 13.0. The van der Waals surface area contributed by atoms with Gasteiger partial charge >= 0.3 is 0 Å². The minimum absolute atomic E-state index is 0.0135. The summed E-state index contributed by atoms with van der Waals surface area (Å²) in [5.41, 5.74) is 1.62.